The molecule has 190 valence electrons. The zero-order valence-corrected chi connectivity index (χ0v) is 22.3. The predicted molar refractivity (Wildman–Crippen MR) is 146 cm³/mol. The molecule has 0 aliphatic carbocycles. The van der Waals surface area contributed by atoms with E-state index in [-0.39, 0.29) is 30.6 Å². The largest absolute Gasteiger partial charge is 0.491 e. The van der Waals surface area contributed by atoms with Crippen molar-refractivity contribution in [3.8, 4) is 5.75 Å². The van der Waals surface area contributed by atoms with Gasteiger partial charge in [-0.2, -0.15) is 0 Å². The van der Waals surface area contributed by atoms with Crippen molar-refractivity contribution in [1.29, 1.82) is 0 Å². The second-order valence-electron chi connectivity index (χ2n) is 9.46. The van der Waals surface area contributed by atoms with Crippen LogP contribution in [0.15, 0.2) is 60.0 Å². The first-order valence-electron chi connectivity index (χ1n) is 12.5. The van der Waals surface area contributed by atoms with Crippen molar-refractivity contribution in [3.63, 3.8) is 0 Å². The molecule has 4 rings (SSSR count). The normalized spacial score (nSPS) is 15.7. The summed E-state index contributed by atoms with van der Waals surface area (Å²) in [6.45, 7) is 9.06. The number of anilines is 1. The molecule has 1 aliphatic rings. The van der Waals surface area contributed by atoms with Gasteiger partial charge in [-0.15, -0.1) is 11.3 Å². The lowest BCUT2D eigenvalue weighted by atomic mass is 10.00. The summed E-state index contributed by atoms with van der Waals surface area (Å²) in [6.07, 6.45) is 1.57. The van der Waals surface area contributed by atoms with E-state index in [1.54, 1.807) is 16.2 Å². The van der Waals surface area contributed by atoms with Gasteiger partial charge in [-0.1, -0.05) is 42.3 Å². The SMILES string of the molecule is CC[C@@H](C)N(CC(=O)N1CCc2sccc2[C@H]1COc1ccc(C)cc1)C(=O)Nc1ccc(C)cc1. The third-order valence-electron chi connectivity index (χ3n) is 6.84. The number of hydrogen-bond donors (Lipinski definition) is 1. The Balaban J connectivity index is 1.50. The summed E-state index contributed by atoms with van der Waals surface area (Å²) in [4.78, 5) is 31.7. The second kappa shape index (κ2) is 11.6. The minimum absolute atomic E-state index is 0.0210. The number of nitrogens with one attached hydrogen (secondary N) is 1. The van der Waals surface area contributed by atoms with Crippen molar-refractivity contribution in [3.05, 3.63) is 81.5 Å². The Bertz CT molecular complexity index is 1170. The molecule has 0 fully saturated rings. The fraction of sp³-hybridized carbons (Fsp3) is 0.379. The van der Waals surface area contributed by atoms with E-state index in [1.807, 2.05) is 81.1 Å². The van der Waals surface area contributed by atoms with Gasteiger partial charge in [0.2, 0.25) is 5.91 Å². The van der Waals surface area contributed by atoms with Gasteiger partial charge in [0.15, 0.2) is 0 Å². The van der Waals surface area contributed by atoms with E-state index in [2.05, 4.69) is 16.8 Å². The third kappa shape index (κ3) is 6.08. The van der Waals surface area contributed by atoms with E-state index < -0.39 is 0 Å². The first-order chi connectivity index (χ1) is 17.4. The van der Waals surface area contributed by atoms with Crippen LogP contribution in [-0.4, -0.2) is 47.5 Å². The summed E-state index contributed by atoms with van der Waals surface area (Å²) in [5.74, 6) is 0.720. The predicted octanol–water partition coefficient (Wildman–Crippen LogP) is 6.20. The summed E-state index contributed by atoms with van der Waals surface area (Å²) < 4.78 is 6.13. The lowest BCUT2D eigenvalue weighted by molar-refractivity contribution is -0.135. The monoisotopic (exact) mass is 505 g/mol. The van der Waals surface area contributed by atoms with Crippen molar-refractivity contribution < 1.29 is 14.3 Å². The molecule has 36 heavy (non-hydrogen) atoms. The van der Waals surface area contributed by atoms with Crippen LogP contribution in [0.2, 0.25) is 0 Å². The van der Waals surface area contributed by atoms with Gasteiger partial charge in [0.1, 0.15) is 18.9 Å². The fourth-order valence-electron chi connectivity index (χ4n) is 4.40. The Morgan fingerprint density at radius 3 is 2.42 bits per heavy atom. The molecule has 0 unspecified atom stereocenters. The van der Waals surface area contributed by atoms with Gasteiger partial charge in [-0.3, -0.25) is 4.79 Å². The summed E-state index contributed by atoms with van der Waals surface area (Å²) in [5.41, 5.74) is 4.16. The molecule has 1 aromatic heterocycles. The quantitative estimate of drug-likeness (QED) is 0.396. The number of nitrogens with zero attached hydrogens (tertiary/aromatic N) is 2. The molecule has 3 aromatic rings. The molecule has 1 N–H and O–H groups in total. The molecule has 1 aliphatic heterocycles. The van der Waals surface area contributed by atoms with Crippen molar-refractivity contribution in [2.75, 3.05) is 25.0 Å². The number of fused-ring (bicyclic) bond motifs is 1. The zero-order chi connectivity index (χ0) is 25.7. The number of carbonyl (C=O) groups is 2. The Labute approximate surface area is 217 Å². The summed E-state index contributed by atoms with van der Waals surface area (Å²) in [5, 5.41) is 5.04. The molecular formula is C29H35N3O3S. The lowest BCUT2D eigenvalue weighted by Crippen LogP contribution is -2.50. The van der Waals surface area contributed by atoms with Gasteiger partial charge in [0, 0.05) is 23.2 Å². The first-order valence-corrected chi connectivity index (χ1v) is 13.4. The maximum absolute atomic E-state index is 13.7. The van der Waals surface area contributed by atoms with Crippen molar-refractivity contribution in [2.24, 2.45) is 0 Å². The maximum Gasteiger partial charge on any atom is 0.322 e. The highest BCUT2D eigenvalue weighted by atomic mass is 32.1. The van der Waals surface area contributed by atoms with E-state index in [9.17, 15) is 9.59 Å². The van der Waals surface area contributed by atoms with Gasteiger partial charge in [0.05, 0.1) is 6.04 Å². The highest BCUT2D eigenvalue weighted by Crippen LogP contribution is 2.34. The molecule has 0 radical (unpaired) electrons. The van der Waals surface area contributed by atoms with E-state index in [0.717, 1.165) is 35.4 Å². The van der Waals surface area contributed by atoms with Crippen molar-refractivity contribution in [1.82, 2.24) is 9.80 Å². The summed E-state index contributed by atoms with van der Waals surface area (Å²) in [7, 11) is 0. The first kappa shape index (κ1) is 25.8. The minimum Gasteiger partial charge on any atom is -0.491 e. The topological polar surface area (TPSA) is 61.9 Å². The van der Waals surface area contributed by atoms with Gasteiger partial charge in [0.25, 0.3) is 0 Å². The van der Waals surface area contributed by atoms with Crippen LogP contribution in [0.3, 0.4) is 0 Å². The minimum atomic E-state index is -0.262. The smallest absolute Gasteiger partial charge is 0.322 e. The van der Waals surface area contributed by atoms with E-state index in [4.69, 9.17) is 4.74 Å². The van der Waals surface area contributed by atoms with Crippen LogP contribution in [-0.2, 0) is 11.2 Å². The van der Waals surface area contributed by atoms with Gasteiger partial charge in [-0.05, 0) is 74.9 Å². The number of aryl methyl sites for hydroxylation is 2. The number of rotatable bonds is 8. The number of carbonyl (C=O) groups excluding carboxylic acids is 2. The number of benzene rings is 2. The van der Waals surface area contributed by atoms with E-state index in [1.165, 1.54) is 10.4 Å². The number of urea groups is 1. The molecular weight excluding hydrogens is 470 g/mol. The highest BCUT2D eigenvalue weighted by molar-refractivity contribution is 7.10. The average molecular weight is 506 g/mol. The Morgan fingerprint density at radius 1 is 1.08 bits per heavy atom. The molecule has 6 nitrogen and oxygen atoms in total. The molecule has 0 bridgehead atoms. The second-order valence-corrected chi connectivity index (χ2v) is 10.5. The fourth-order valence-corrected chi connectivity index (χ4v) is 5.33. The Kier molecular flexibility index (Phi) is 8.31. The number of thiophene rings is 1. The lowest BCUT2D eigenvalue weighted by Gasteiger charge is -2.38. The highest BCUT2D eigenvalue weighted by Gasteiger charge is 2.34. The number of ether oxygens (including phenoxy) is 1. The van der Waals surface area contributed by atoms with Gasteiger partial charge < -0.3 is 19.9 Å². The number of amides is 3. The molecule has 0 saturated carbocycles. The van der Waals surface area contributed by atoms with Crippen LogP contribution in [0, 0.1) is 13.8 Å². The zero-order valence-electron chi connectivity index (χ0n) is 21.5. The molecule has 3 amide bonds. The third-order valence-corrected chi connectivity index (χ3v) is 7.83. The van der Waals surface area contributed by atoms with Crippen molar-refractivity contribution in [2.45, 2.75) is 52.6 Å². The van der Waals surface area contributed by atoms with Crippen LogP contribution < -0.4 is 10.1 Å². The Morgan fingerprint density at radius 2 is 1.75 bits per heavy atom. The van der Waals surface area contributed by atoms with Gasteiger partial charge in [-0.25, -0.2) is 4.79 Å². The molecule has 7 heteroatoms. The van der Waals surface area contributed by atoms with Crippen LogP contribution in [0.1, 0.15) is 47.9 Å². The summed E-state index contributed by atoms with van der Waals surface area (Å²) in [6, 6.07) is 17.2. The van der Waals surface area contributed by atoms with Crippen molar-refractivity contribution >= 4 is 29.0 Å². The van der Waals surface area contributed by atoms with Gasteiger partial charge >= 0.3 is 6.03 Å². The standard InChI is InChI=1S/C29H35N3O3S/c1-5-22(4)32(29(34)30-23-10-6-20(2)7-11-23)18-28(33)31-16-14-27-25(15-17-36-27)26(31)19-35-24-12-8-21(3)9-13-24/h6-13,15,17,22,26H,5,14,16,18-19H2,1-4H3,(H,30,34)/t22-,26-/m1/s1. The van der Waals surface area contributed by atoms with E-state index >= 15 is 0 Å². The molecule has 0 saturated heterocycles. The van der Waals surface area contributed by atoms with Crippen LogP contribution in [0.4, 0.5) is 10.5 Å². The molecule has 2 aromatic carbocycles. The Hall–Kier alpha value is -3.32. The van der Waals surface area contributed by atoms with Crippen LogP contribution in [0.5, 0.6) is 5.75 Å². The van der Waals surface area contributed by atoms with Crippen LogP contribution in [0.25, 0.3) is 0 Å². The molecule has 0 spiro atoms. The molecule has 2 heterocycles. The van der Waals surface area contributed by atoms with Crippen LogP contribution >= 0.6 is 11.3 Å². The van der Waals surface area contributed by atoms with E-state index in [0.29, 0.717) is 13.2 Å². The summed E-state index contributed by atoms with van der Waals surface area (Å²) >= 11 is 1.73. The maximum atomic E-state index is 13.7. The molecule has 2 atom stereocenters. The number of hydrogen-bond acceptors (Lipinski definition) is 4. The average Bonchev–Trinajstić information content (AvgIpc) is 3.36.